The zero-order chi connectivity index (χ0) is 21.8. The van der Waals surface area contributed by atoms with Crippen molar-refractivity contribution in [2.45, 2.75) is 26.7 Å². The lowest BCUT2D eigenvalue weighted by atomic mass is 9.88. The summed E-state index contributed by atoms with van der Waals surface area (Å²) in [5, 5.41) is 0. The fourth-order valence-corrected chi connectivity index (χ4v) is 3.84. The van der Waals surface area contributed by atoms with Gasteiger partial charge in [0.2, 0.25) is 0 Å². The van der Waals surface area contributed by atoms with Gasteiger partial charge in [-0.05, 0) is 60.4 Å². The van der Waals surface area contributed by atoms with E-state index < -0.39 is 0 Å². The minimum Gasteiger partial charge on any atom is -0.398 e. The molecule has 0 heterocycles. The second-order valence-corrected chi connectivity index (χ2v) is 7.51. The van der Waals surface area contributed by atoms with Crippen molar-refractivity contribution in [2.75, 3.05) is 24.7 Å². The zero-order valence-electron chi connectivity index (χ0n) is 18.0. The SMILES string of the molecule is CCc1c(N)ccc(C(=O)c2ccccc2C(=O)c2ccc(N(C)C)cc2)c1CC. The summed E-state index contributed by atoms with van der Waals surface area (Å²) in [5.74, 6) is -0.302. The highest BCUT2D eigenvalue weighted by Gasteiger charge is 2.22. The highest BCUT2D eigenvalue weighted by atomic mass is 16.1. The molecule has 154 valence electrons. The van der Waals surface area contributed by atoms with E-state index in [0.717, 1.165) is 23.2 Å². The van der Waals surface area contributed by atoms with E-state index in [2.05, 4.69) is 0 Å². The molecular weight excluding hydrogens is 372 g/mol. The molecular formula is C26H28N2O2. The van der Waals surface area contributed by atoms with Crippen LogP contribution in [-0.2, 0) is 12.8 Å². The number of nitrogen functional groups attached to an aromatic ring is 1. The van der Waals surface area contributed by atoms with Gasteiger partial charge in [-0.15, -0.1) is 0 Å². The molecule has 2 N–H and O–H groups in total. The van der Waals surface area contributed by atoms with Crippen molar-refractivity contribution < 1.29 is 9.59 Å². The summed E-state index contributed by atoms with van der Waals surface area (Å²) in [6, 6.07) is 18.0. The molecule has 0 saturated carbocycles. The van der Waals surface area contributed by atoms with E-state index in [1.54, 1.807) is 48.5 Å². The summed E-state index contributed by atoms with van der Waals surface area (Å²) in [5.41, 5.74) is 11.8. The summed E-state index contributed by atoms with van der Waals surface area (Å²) in [7, 11) is 3.90. The third kappa shape index (κ3) is 3.99. The zero-order valence-corrected chi connectivity index (χ0v) is 18.0. The van der Waals surface area contributed by atoms with Crippen LogP contribution < -0.4 is 10.6 Å². The Labute approximate surface area is 178 Å². The molecule has 0 aromatic heterocycles. The Balaban J connectivity index is 2.06. The van der Waals surface area contributed by atoms with Crippen LogP contribution in [0.25, 0.3) is 0 Å². The van der Waals surface area contributed by atoms with Gasteiger partial charge in [0.1, 0.15) is 0 Å². The summed E-state index contributed by atoms with van der Waals surface area (Å²) < 4.78 is 0. The van der Waals surface area contributed by atoms with Gasteiger partial charge < -0.3 is 10.6 Å². The Kier molecular flexibility index (Phi) is 6.36. The Morgan fingerprint density at radius 2 is 1.30 bits per heavy atom. The number of hydrogen-bond acceptors (Lipinski definition) is 4. The summed E-state index contributed by atoms with van der Waals surface area (Å²) in [6.45, 7) is 4.06. The van der Waals surface area contributed by atoms with E-state index in [-0.39, 0.29) is 11.6 Å². The Morgan fingerprint density at radius 1 is 0.733 bits per heavy atom. The van der Waals surface area contributed by atoms with Gasteiger partial charge in [0.15, 0.2) is 11.6 Å². The first-order valence-corrected chi connectivity index (χ1v) is 10.2. The quantitative estimate of drug-likeness (QED) is 0.452. The molecule has 3 aromatic carbocycles. The van der Waals surface area contributed by atoms with Crippen molar-refractivity contribution in [1.82, 2.24) is 0 Å². The second kappa shape index (κ2) is 8.95. The average molecular weight is 401 g/mol. The monoisotopic (exact) mass is 400 g/mol. The van der Waals surface area contributed by atoms with Gasteiger partial charge in [-0.2, -0.15) is 0 Å². The number of carbonyl (C=O) groups is 2. The molecule has 3 rings (SSSR count). The smallest absolute Gasteiger partial charge is 0.194 e. The van der Waals surface area contributed by atoms with Crippen LogP contribution in [0.2, 0.25) is 0 Å². The lowest BCUT2D eigenvalue weighted by Crippen LogP contribution is -2.14. The van der Waals surface area contributed by atoms with E-state index in [1.807, 2.05) is 45.0 Å². The molecule has 0 radical (unpaired) electrons. The fourth-order valence-electron chi connectivity index (χ4n) is 3.84. The molecule has 4 heteroatoms. The normalized spacial score (nSPS) is 10.7. The summed E-state index contributed by atoms with van der Waals surface area (Å²) in [4.78, 5) is 28.7. The van der Waals surface area contributed by atoms with Crippen LogP contribution in [0.15, 0.2) is 60.7 Å². The molecule has 0 aliphatic rings. The molecule has 3 aromatic rings. The number of benzene rings is 3. The van der Waals surface area contributed by atoms with Crippen molar-refractivity contribution in [3.63, 3.8) is 0 Å². The molecule has 0 unspecified atom stereocenters. The molecule has 0 atom stereocenters. The second-order valence-electron chi connectivity index (χ2n) is 7.51. The van der Waals surface area contributed by atoms with E-state index in [0.29, 0.717) is 34.4 Å². The van der Waals surface area contributed by atoms with Crippen molar-refractivity contribution >= 4 is 22.9 Å². The predicted octanol–water partition coefficient (Wildman–Crippen LogP) is 4.92. The lowest BCUT2D eigenvalue weighted by Gasteiger charge is -2.16. The van der Waals surface area contributed by atoms with Crippen LogP contribution >= 0.6 is 0 Å². The lowest BCUT2D eigenvalue weighted by molar-refractivity contribution is 0.100. The number of anilines is 2. The largest absolute Gasteiger partial charge is 0.398 e. The van der Waals surface area contributed by atoms with Crippen LogP contribution in [0.5, 0.6) is 0 Å². The molecule has 0 fully saturated rings. The van der Waals surface area contributed by atoms with E-state index >= 15 is 0 Å². The third-order valence-corrected chi connectivity index (χ3v) is 5.48. The van der Waals surface area contributed by atoms with E-state index in [1.165, 1.54) is 0 Å². The Morgan fingerprint density at radius 3 is 1.83 bits per heavy atom. The highest BCUT2D eigenvalue weighted by Crippen LogP contribution is 2.27. The predicted molar refractivity (Wildman–Crippen MR) is 124 cm³/mol. The minimum atomic E-state index is -0.159. The van der Waals surface area contributed by atoms with Gasteiger partial charge in [-0.1, -0.05) is 38.1 Å². The topological polar surface area (TPSA) is 63.4 Å². The Hall–Kier alpha value is -3.40. The first kappa shape index (κ1) is 21.3. The van der Waals surface area contributed by atoms with Gasteiger partial charge in [-0.25, -0.2) is 0 Å². The molecule has 0 spiro atoms. The van der Waals surface area contributed by atoms with Gasteiger partial charge in [-0.3, -0.25) is 9.59 Å². The summed E-state index contributed by atoms with van der Waals surface area (Å²) >= 11 is 0. The third-order valence-electron chi connectivity index (χ3n) is 5.48. The maximum atomic E-state index is 13.5. The van der Waals surface area contributed by atoms with Crippen LogP contribution in [-0.4, -0.2) is 25.7 Å². The number of ketones is 2. The molecule has 0 bridgehead atoms. The number of hydrogen-bond donors (Lipinski definition) is 1. The number of rotatable bonds is 7. The van der Waals surface area contributed by atoms with Crippen LogP contribution in [0.4, 0.5) is 11.4 Å². The number of nitrogens with zero attached hydrogens (tertiary/aromatic N) is 1. The van der Waals surface area contributed by atoms with Crippen LogP contribution in [0.1, 0.15) is 56.8 Å². The maximum absolute atomic E-state index is 13.5. The first-order valence-electron chi connectivity index (χ1n) is 10.2. The number of nitrogens with two attached hydrogens (primary N) is 1. The highest BCUT2D eigenvalue weighted by molar-refractivity contribution is 6.20. The van der Waals surface area contributed by atoms with Gasteiger partial charge in [0, 0.05) is 47.7 Å². The molecule has 4 nitrogen and oxygen atoms in total. The molecule has 0 amide bonds. The minimum absolute atomic E-state index is 0.143. The van der Waals surface area contributed by atoms with Crippen molar-refractivity contribution in [3.05, 3.63) is 94.0 Å². The molecule has 0 saturated heterocycles. The average Bonchev–Trinajstić information content (AvgIpc) is 2.77. The van der Waals surface area contributed by atoms with Gasteiger partial charge >= 0.3 is 0 Å². The number of carbonyl (C=O) groups excluding carboxylic acids is 2. The van der Waals surface area contributed by atoms with E-state index in [4.69, 9.17) is 5.73 Å². The molecule has 0 aliphatic carbocycles. The van der Waals surface area contributed by atoms with Crippen molar-refractivity contribution in [3.8, 4) is 0 Å². The molecule has 30 heavy (non-hydrogen) atoms. The first-order chi connectivity index (χ1) is 14.4. The van der Waals surface area contributed by atoms with Crippen LogP contribution in [0, 0.1) is 0 Å². The molecule has 0 aliphatic heterocycles. The Bertz CT molecular complexity index is 1080. The van der Waals surface area contributed by atoms with Crippen molar-refractivity contribution in [1.29, 1.82) is 0 Å². The van der Waals surface area contributed by atoms with Gasteiger partial charge in [0.05, 0.1) is 0 Å². The van der Waals surface area contributed by atoms with Crippen LogP contribution in [0.3, 0.4) is 0 Å². The van der Waals surface area contributed by atoms with E-state index in [9.17, 15) is 9.59 Å². The standard InChI is InChI=1S/C26H28N2O2/c1-5-19-20(6-2)24(27)16-15-23(19)26(30)22-10-8-7-9-21(22)25(29)17-11-13-18(14-12-17)28(3)4/h7-16H,5-6,27H2,1-4H3. The van der Waals surface area contributed by atoms with Crippen molar-refractivity contribution in [2.24, 2.45) is 0 Å². The fraction of sp³-hybridized carbons (Fsp3) is 0.231. The maximum Gasteiger partial charge on any atom is 0.194 e. The van der Waals surface area contributed by atoms with Gasteiger partial charge in [0.25, 0.3) is 0 Å². The summed E-state index contributed by atoms with van der Waals surface area (Å²) in [6.07, 6.45) is 1.46.